The van der Waals surface area contributed by atoms with E-state index < -0.39 is 0 Å². The highest BCUT2D eigenvalue weighted by molar-refractivity contribution is 5.94. The average molecular weight is 286 g/mol. The fourth-order valence-corrected chi connectivity index (χ4v) is 2.47. The maximum atomic E-state index is 12.1. The van der Waals surface area contributed by atoms with E-state index >= 15 is 0 Å². The standard InChI is InChI=1S/C13H19N3O2.ClH/c1-16-8-10(4-5-11(16)17)12(18)15-13(9-14)6-2-3-7-13;/h4-5,8H,2-3,6-7,9,14H2,1H3,(H,15,18);1H. The molecule has 0 unspecified atom stereocenters. The second kappa shape index (κ2) is 6.21. The predicted octanol–water partition coefficient (Wildman–Crippen LogP) is 0.808. The zero-order valence-corrected chi connectivity index (χ0v) is 11.8. The van der Waals surface area contributed by atoms with Crippen molar-refractivity contribution in [1.82, 2.24) is 9.88 Å². The Balaban J connectivity index is 0.00000180. The summed E-state index contributed by atoms with van der Waals surface area (Å²) in [6.45, 7) is 0.463. The summed E-state index contributed by atoms with van der Waals surface area (Å²) in [5.41, 5.74) is 5.89. The third-order valence-corrected chi connectivity index (χ3v) is 3.68. The smallest absolute Gasteiger partial charge is 0.253 e. The Morgan fingerprint density at radius 3 is 2.58 bits per heavy atom. The van der Waals surface area contributed by atoms with Gasteiger partial charge >= 0.3 is 0 Å². The molecule has 0 bridgehead atoms. The SMILES string of the molecule is Cl.Cn1cc(C(=O)NC2(CN)CCCC2)ccc1=O. The highest BCUT2D eigenvalue weighted by Crippen LogP contribution is 2.28. The molecule has 1 aliphatic carbocycles. The molecule has 0 spiro atoms. The lowest BCUT2D eigenvalue weighted by Gasteiger charge is -2.28. The van der Waals surface area contributed by atoms with Crippen molar-refractivity contribution in [1.29, 1.82) is 0 Å². The van der Waals surface area contributed by atoms with Gasteiger partial charge in [0.05, 0.1) is 11.1 Å². The summed E-state index contributed by atoms with van der Waals surface area (Å²) in [5, 5.41) is 3.03. The Kier molecular flexibility index (Phi) is 5.14. The number of carbonyl (C=O) groups excluding carboxylic acids is 1. The van der Waals surface area contributed by atoms with Crippen LogP contribution >= 0.6 is 12.4 Å². The number of halogens is 1. The second-order valence-corrected chi connectivity index (χ2v) is 5.01. The van der Waals surface area contributed by atoms with Crippen LogP contribution in [0.2, 0.25) is 0 Å². The van der Waals surface area contributed by atoms with Gasteiger partial charge in [0.1, 0.15) is 0 Å². The zero-order chi connectivity index (χ0) is 13.2. The van der Waals surface area contributed by atoms with E-state index in [1.807, 2.05) is 0 Å². The van der Waals surface area contributed by atoms with E-state index in [2.05, 4.69) is 5.32 Å². The van der Waals surface area contributed by atoms with Gasteiger partial charge in [0.2, 0.25) is 5.56 Å². The molecular formula is C13H20ClN3O2. The van der Waals surface area contributed by atoms with E-state index in [9.17, 15) is 9.59 Å². The number of hydrogen-bond acceptors (Lipinski definition) is 3. The molecule has 106 valence electrons. The molecule has 0 aromatic carbocycles. The van der Waals surface area contributed by atoms with Crippen LogP contribution in [0.4, 0.5) is 0 Å². The Morgan fingerprint density at radius 1 is 1.42 bits per heavy atom. The van der Waals surface area contributed by atoms with Gasteiger partial charge in [0, 0.05) is 25.9 Å². The summed E-state index contributed by atoms with van der Waals surface area (Å²) >= 11 is 0. The van der Waals surface area contributed by atoms with E-state index in [4.69, 9.17) is 5.73 Å². The monoisotopic (exact) mass is 285 g/mol. The van der Waals surface area contributed by atoms with Crippen LogP contribution in [0.3, 0.4) is 0 Å². The summed E-state index contributed by atoms with van der Waals surface area (Å²) < 4.78 is 1.40. The lowest BCUT2D eigenvalue weighted by atomic mass is 9.97. The first kappa shape index (κ1) is 15.7. The van der Waals surface area contributed by atoms with E-state index in [1.165, 1.54) is 10.6 Å². The van der Waals surface area contributed by atoms with Crippen molar-refractivity contribution in [3.63, 3.8) is 0 Å². The first-order valence-corrected chi connectivity index (χ1v) is 6.26. The zero-order valence-electron chi connectivity index (χ0n) is 11.0. The van der Waals surface area contributed by atoms with Crippen molar-refractivity contribution in [3.05, 3.63) is 34.2 Å². The van der Waals surface area contributed by atoms with Crippen molar-refractivity contribution in [3.8, 4) is 0 Å². The van der Waals surface area contributed by atoms with Crippen LogP contribution in [-0.4, -0.2) is 22.6 Å². The first-order valence-electron chi connectivity index (χ1n) is 6.26. The quantitative estimate of drug-likeness (QED) is 0.863. The second-order valence-electron chi connectivity index (χ2n) is 5.01. The van der Waals surface area contributed by atoms with E-state index in [-0.39, 0.29) is 29.4 Å². The number of amides is 1. The largest absolute Gasteiger partial charge is 0.345 e. The van der Waals surface area contributed by atoms with Crippen LogP contribution in [0, 0.1) is 0 Å². The number of rotatable bonds is 3. The Bertz CT molecular complexity index is 507. The van der Waals surface area contributed by atoms with Gasteiger partial charge in [-0.25, -0.2) is 0 Å². The molecule has 3 N–H and O–H groups in total. The number of aromatic nitrogens is 1. The van der Waals surface area contributed by atoms with E-state index in [1.54, 1.807) is 19.3 Å². The number of pyridine rings is 1. The van der Waals surface area contributed by atoms with Gasteiger partial charge in [-0.1, -0.05) is 12.8 Å². The molecule has 2 rings (SSSR count). The minimum absolute atomic E-state index is 0. The molecule has 0 aliphatic heterocycles. The topological polar surface area (TPSA) is 77.1 Å². The van der Waals surface area contributed by atoms with Crippen LogP contribution in [-0.2, 0) is 7.05 Å². The first-order chi connectivity index (χ1) is 8.56. The van der Waals surface area contributed by atoms with Gasteiger partial charge in [-0.3, -0.25) is 9.59 Å². The van der Waals surface area contributed by atoms with Crippen LogP contribution in [0.15, 0.2) is 23.1 Å². The summed E-state index contributed by atoms with van der Waals surface area (Å²) in [6, 6.07) is 2.95. The number of aryl methyl sites for hydroxylation is 1. The minimum Gasteiger partial charge on any atom is -0.345 e. The molecule has 1 fully saturated rings. The molecule has 1 aliphatic rings. The van der Waals surface area contributed by atoms with E-state index in [0.717, 1.165) is 25.7 Å². The van der Waals surface area contributed by atoms with Gasteiger partial charge in [0.15, 0.2) is 0 Å². The molecule has 19 heavy (non-hydrogen) atoms. The Morgan fingerprint density at radius 2 is 2.05 bits per heavy atom. The molecule has 6 heteroatoms. The van der Waals surface area contributed by atoms with Crippen LogP contribution < -0.4 is 16.6 Å². The number of nitrogens with one attached hydrogen (secondary N) is 1. The molecule has 0 radical (unpaired) electrons. The molecular weight excluding hydrogens is 266 g/mol. The van der Waals surface area contributed by atoms with Crippen LogP contribution in [0.25, 0.3) is 0 Å². The average Bonchev–Trinajstić information content (AvgIpc) is 2.82. The van der Waals surface area contributed by atoms with Gasteiger partial charge in [-0.05, 0) is 18.9 Å². The third-order valence-electron chi connectivity index (χ3n) is 3.68. The molecule has 1 heterocycles. The molecule has 1 amide bonds. The number of nitrogens with two attached hydrogens (primary N) is 1. The van der Waals surface area contributed by atoms with Crippen molar-refractivity contribution in [2.24, 2.45) is 12.8 Å². The number of hydrogen-bond donors (Lipinski definition) is 2. The summed E-state index contributed by atoms with van der Waals surface area (Å²) in [5.74, 6) is -0.155. The van der Waals surface area contributed by atoms with Crippen molar-refractivity contribution in [2.45, 2.75) is 31.2 Å². The van der Waals surface area contributed by atoms with Crippen LogP contribution in [0.1, 0.15) is 36.0 Å². The fraction of sp³-hybridized carbons (Fsp3) is 0.538. The molecule has 0 saturated heterocycles. The van der Waals surface area contributed by atoms with E-state index in [0.29, 0.717) is 12.1 Å². The van der Waals surface area contributed by atoms with Crippen molar-refractivity contribution < 1.29 is 4.79 Å². The number of carbonyl (C=O) groups is 1. The van der Waals surface area contributed by atoms with Crippen molar-refractivity contribution in [2.75, 3.05) is 6.54 Å². The predicted molar refractivity (Wildman–Crippen MR) is 76.7 cm³/mol. The van der Waals surface area contributed by atoms with Gasteiger partial charge in [-0.2, -0.15) is 0 Å². The lowest BCUT2D eigenvalue weighted by Crippen LogP contribution is -2.51. The van der Waals surface area contributed by atoms with Crippen molar-refractivity contribution >= 4 is 18.3 Å². The maximum Gasteiger partial charge on any atom is 0.253 e. The molecule has 1 saturated carbocycles. The van der Waals surface area contributed by atoms with Gasteiger partial charge < -0.3 is 15.6 Å². The fourth-order valence-electron chi connectivity index (χ4n) is 2.47. The highest BCUT2D eigenvalue weighted by atomic mass is 35.5. The van der Waals surface area contributed by atoms with Gasteiger partial charge in [0.25, 0.3) is 5.91 Å². The summed E-state index contributed by atoms with van der Waals surface area (Å²) in [4.78, 5) is 23.4. The lowest BCUT2D eigenvalue weighted by molar-refractivity contribution is 0.0902. The summed E-state index contributed by atoms with van der Waals surface area (Å²) in [7, 11) is 1.63. The molecule has 1 aromatic rings. The van der Waals surface area contributed by atoms with Gasteiger partial charge in [-0.15, -0.1) is 12.4 Å². The normalized spacial score (nSPS) is 16.7. The maximum absolute atomic E-state index is 12.1. The molecule has 5 nitrogen and oxygen atoms in total. The molecule has 0 atom stereocenters. The van der Waals surface area contributed by atoms with Crippen LogP contribution in [0.5, 0.6) is 0 Å². The minimum atomic E-state index is -0.258. The molecule has 1 aromatic heterocycles. The Labute approximate surface area is 118 Å². The summed E-state index contributed by atoms with van der Waals surface area (Å²) in [6.07, 6.45) is 5.62. The highest BCUT2D eigenvalue weighted by Gasteiger charge is 2.34. The number of nitrogens with zero attached hydrogens (tertiary/aromatic N) is 1. The Hall–Kier alpha value is -1.33. The third kappa shape index (κ3) is 3.36.